The molecule has 4 rings (SSSR count). The normalized spacial score (nSPS) is 18.2. The van der Waals surface area contributed by atoms with Crippen molar-refractivity contribution in [1.29, 1.82) is 0 Å². The number of imidazole rings is 1. The summed E-state index contributed by atoms with van der Waals surface area (Å²) in [5.41, 5.74) is 0.762. The molecule has 0 radical (unpaired) electrons. The van der Waals surface area contributed by atoms with Crippen LogP contribution in [0.15, 0.2) is 30.9 Å². The number of nitrogens with zero attached hydrogens (tertiary/aromatic N) is 6. The molecule has 8 heteroatoms. The first kappa shape index (κ1) is 15.9. The number of rotatable bonds is 3. The van der Waals surface area contributed by atoms with Crippen LogP contribution in [0.3, 0.4) is 0 Å². The number of hydrogen-bond acceptors (Lipinski definition) is 5. The Hall–Kier alpha value is -2.64. The molecule has 6 nitrogen and oxygen atoms in total. The SMILES string of the molecule is CC1CCCCN1c1ccnc(-c2cnc3cnc(C(F)F)cn23)n1. The minimum Gasteiger partial charge on any atom is -0.354 e. The topological polar surface area (TPSA) is 59.2 Å². The van der Waals surface area contributed by atoms with Crippen molar-refractivity contribution in [3.05, 3.63) is 36.5 Å². The second-order valence-corrected chi connectivity index (χ2v) is 6.26. The van der Waals surface area contributed by atoms with Crippen LogP contribution in [0, 0.1) is 0 Å². The summed E-state index contributed by atoms with van der Waals surface area (Å²) < 4.78 is 27.5. The first-order valence-electron chi connectivity index (χ1n) is 8.34. The van der Waals surface area contributed by atoms with Crippen LogP contribution >= 0.6 is 0 Å². The zero-order valence-electron chi connectivity index (χ0n) is 13.8. The molecule has 0 N–H and O–H groups in total. The second kappa shape index (κ2) is 6.34. The van der Waals surface area contributed by atoms with Crippen LogP contribution in [0.25, 0.3) is 17.2 Å². The Morgan fingerprint density at radius 2 is 2.04 bits per heavy atom. The maximum Gasteiger partial charge on any atom is 0.281 e. The first-order chi connectivity index (χ1) is 12.1. The molecule has 3 aromatic heterocycles. The zero-order valence-corrected chi connectivity index (χ0v) is 13.8. The molecule has 130 valence electrons. The number of aromatic nitrogens is 5. The molecule has 25 heavy (non-hydrogen) atoms. The summed E-state index contributed by atoms with van der Waals surface area (Å²) in [5.74, 6) is 1.32. The Morgan fingerprint density at radius 1 is 1.16 bits per heavy atom. The Kier molecular flexibility index (Phi) is 4.03. The molecular formula is C17H18F2N6. The van der Waals surface area contributed by atoms with Crippen molar-refractivity contribution in [3.8, 4) is 11.5 Å². The molecule has 0 amide bonds. The van der Waals surface area contributed by atoms with Gasteiger partial charge in [0.1, 0.15) is 17.2 Å². The fraction of sp³-hybridized carbons (Fsp3) is 0.412. The van der Waals surface area contributed by atoms with Gasteiger partial charge in [-0.05, 0) is 32.3 Å². The van der Waals surface area contributed by atoms with E-state index in [-0.39, 0.29) is 5.69 Å². The van der Waals surface area contributed by atoms with Gasteiger partial charge in [-0.1, -0.05) is 0 Å². The predicted octanol–water partition coefficient (Wildman–Crippen LogP) is 3.50. The van der Waals surface area contributed by atoms with Crippen molar-refractivity contribution in [3.63, 3.8) is 0 Å². The number of fused-ring (bicyclic) bond motifs is 1. The maximum atomic E-state index is 13.0. The third-order valence-corrected chi connectivity index (χ3v) is 4.61. The number of alkyl halides is 2. The van der Waals surface area contributed by atoms with Crippen LogP contribution in [0.5, 0.6) is 0 Å². The lowest BCUT2D eigenvalue weighted by Gasteiger charge is -2.34. The molecule has 4 heterocycles. The molecule has 1 aliphatic heterocycles. The molecule has 1 saturated heterocycles. The first-order valence-corrected chi connectivity index (χ1v) is 8.34. The summed E-state index contributed by atoms with van der Waals surface area (Å²) in [5, 5.41) is 0. The van der Waals surface area contributed by atoms with Crippen LogP contribution in [-0.2, 0) is 0 Å². The van der Waals surface area contributed by atoms with Gasteiger partial charge in [0.25, 0.3) is 6.43 Å². The lowest BCUT2D eigenvalue weighted by molar-refractivity contribution is 0.145. The summed E-state index contributed by atoms with van der Waals surface area (Å²) in [7, 11) is 0. The molecule has 0 aromatic carbocycles. The van der Waals surface area contributed by atoms with E-state index in [0.29, 0.717) is 23.2 Å². The predicted molar refractivity (Wildman–Crippen MR) is 89.6 cm³/mol. The Labute approximate surface area is 143 Å². The van der Waals surface area contributed by atoms with Gasteiger partial charge < -0.3 is 4.90 Å². The van der Waals surface area contributed by atoms with E-state index in [1.165, 1.54) is 18.8 Å². The minimum absolute atomic E-state index is 0.299. The highest BCUT2D eigenvalue weighted by Crippen LogP contribution is 2.26. The van der Waals surface area contributed by atoms with Gasteiger partial charge in [-0.2, -0.15) is 0 Å². The summed E-state index contributed by atoms with van der Waals surface area (Å²) in [6.45, 7) is 3.15. The van der Waals surface area contributed by atoms with Crippen molar-refractivity contribution in [2.24, 2.45) is 0 Å². The van der Waals surface area contributed by atoms with E-state index in [0.717, 1.165) is 25.2 Å². The Morgan fingerprint density at radius 3 is 2.84 bits per heavy atom. The highest BCUT2D eigenvalue weighted by molar-refractivity contribution is 5.58. The summed E-state index contributed by atoms with van der Waals surface area (Å²) in [6.07, 6.45) is 6.79. The molecule has 0 bridgehead atoms. The van der Waals surface area contributed by atoms with Crippen LogP contribution in [-0.4, -0.2) is 36.9 Å². The number of anilines is 1. The fourth-order valence-corrected chi connectivity index (χ4v) is 3.25. The van der Waals surface area contributed by atoms with Crippen molar-refractivity contribution < 1.29 is 8.78 Å². The van der Waals surface area contributed by atoms with Gasteiger partial charge in [0.15, 0.2) is 11.5 Å². The molecule has 3 aromatic rings. The zero-order chi connectivity index (χ0) is 17.4. The van der Waals surface area contributed by atoms with Crippen LogP contribution in [0.1, 0.15) is 38.3 Å². The minimum atomic E-state index is -2.64. The third kappa shape index (κ3) is 2.92. The van der Waals surface area contributed by atoms with Crippen molar-refractivity contribution in [2.45, 2.75) is 38.7 Å². The molecule has 0 saturated carbocycles. The summed E-state index contributed by atoms with van der Waals surface area (Å²) in [4.78, 5) is 19.2. The smallest absolute Gasteiger partial charge is 0.281 e. The van der Waals surface area contributed by atoms with Gasteiger partial charge in [0.2, 0.25) is 0 Å². The van der Waals surface area contributed by atoms with Crippen molar-refractivity contribution >= 4 is 11.5 Å². The van der Waals surface area contributed by atoms with E-state index in [9.17, 15) is 8.78 Å². The van der Waals surface area contributed by atoms with Crippen molar-refractivity contribution in [2.75, 3.05) is 11.4 Å². The lowest BCUT2D eigenvalue weighted by atomic mass is 10.0. The van der Waals surface area contributed by atoms with E-state index >= 15 is 0 Å². The highest BCUT2D eigenvalue weighted by atomic mass is 19.3. The second-order valence-electron chi connectivity index (χ2n) is 6.26. The average Bonchev–Trinajstić information content (AvgIpc) is 3.05. The van der Waals surface area contributed by atoms with E-state index in [2.05, 4.69) is 31.8 Å². The van der Waals surface area contributed by atoms with Gasteiger partial charge in [0, 0.05) is 25.0 Å². The highest BCUT2D eigenvalue weighted by Gasteiger charge is 2.21. The van der Waals surface area contributed by atoms with Gasteiger partial charge >= 0.3 is 0 Å². The molecule has 0 spiro atoms. The fourth-order valence-electron chi connectivity index (χ4n) is 3.25. The molecule has 1 aliphatic rings. The largest absolute Gasteiger partial charge is 0.354 e. The molecule has 0 aliphatic carbocycles. The van der Waals surface area contributed by atoms with Gasteiger partial charge in [-0.15, -0.1) is 0 Å². The summed E-state index contributed by atoms with van der Waals surface area (Å²) in [6, 6.07) is 2.31. The lowest BCUT2D eigenvalue weighted by Crippen LogP contribution is -2.38. The van der Waals surface area contributed by atoms with Gasteiger partial charge in [-0.3, -0.25) is 4.40 Å². The van der Waals surface area contributed by atoms with Crippen LogP contribution in [0.2, 0.25) is 0 Å². The molecular weight excluding hydrogens is 326 g/mol. The van der Waals surface area contributed by atoms with Gasteiger partial charge in [-0.25, -0.2) is 28.7 Å². The van der Waals surface area contributed by atoms with Crippen LogP contribution < -0.4 is 4.90 Å². The summed E-state index contributed by atoms with van der Waals surface area (Å²) >= 11 is 0. The van der Waals surface area contributed by atoms with E-state index in [1.807, 2.05) is 6.07 Å². The standard InChI is InChI=1S/C17H18F2N6/c1-11-4-2-3-7-24(11)14-5-6-20-17(23-14)13-8-22-15-9-21-12(16(18)19)10-25(13)15/h5-6,8-11,16H,2-4,7H2,1H3. The van der Waals surface area contributed by atoms with Gasteiger partial charge in [0.05, 0.1) is 12.4 Å². The number of hydrogen-bond donors (Lipinski definition) is 0. The molecule has 1 unspecified atom stereocenters. The Bertz CT molecular complexity index is 894. The van der Waals surface area contributed by atoms with Crippen molar-refractivity contribution in [1.82, 2.24) is 24.3 Å². The van der Waals surface area contributed by atoms with Crippen LogP contribution in [0.4, 0.5) is 14.6 Å². The molecule has 1 fully saturated rings. The monoisotopic (exact) mass is 344 g/mol. The maximum absolute atomic E-state index is 13.0. The molecule has 1 atom stereocenters. The Balaban J connectivity index is 1.76. The average molecular weight is 344 g/mol. The third-order valence-electron chi connectivity index (χ3n) is 4.61. The quantitative estimate of drug-likeness (QED) is 0.728. The number of piperidine rings is 1. The van der Waals surface area contributed by atoms with E-state index in [4.69, 9.17) is 0 Å². The van der Waals surface area contributed by atoms with E-state index in [1.54, 1.807) is 16.8 Å². The van der Waals surface area contributed by atoms with E-state index < -0.39 is 6.43 Å². The number of halogens is 2.